The van der Waals surface area contributed by atoms with E-state index < -0.39 is 5.60 Å². The van der Waals surface area contributed by atoms with E-state index in [1.54, 1.807) is 0 Å². The molecule has 1 saturated heterocycles. The molecule has 108 valence electrons. The Morgan fingerprint density at radius 1 is 1.25 bits per heavy atom. The summed E-state index contributed by atoms with van der Waals surface area (Å²) in [5, 5.41) is 10.2. The van der Waals surface area contributed by atoms with Crippen molar-refractivity contribution < 1.29 is 9.90 Å². The highest BCUT2D eigenvalue weighted by Crippen LogP contribution is 2.29. The molecule has 0 aromatic heterocycles. The number of nitrogens with zero attached hydrogens (tertiary/aromatic N) is 1. The molecule has 0 radical (unpaired) electrons. The molecule has 0 amide bonds. The summed E-state index contributed by atoms with van der Waals surface area (Å²) in [6.45, 7) is 3.18. The molecule has 0 unspecified atom stereocenters. The number of carbonyl (C=O) groups is 1. The van der Waals surface area contributed by atoms with Crippen LogP contribution in [0.25, 0.3) is 0 Å². The smallest absolute Gasteiger partial charge is 0.161 e. The van der Waals surface area contributed by atoms with E-state index >= 15 is 0 Å². The van der Waals surface area contributed by atoms with Gasteiger partial charge >= 0.3 is 0 Å². The number of benzene rings is 1. The summed E-state index contributed by atoms with van der Waals surface area (Å²) in [4.78, 5) is 14.0. The number of hydrogen-bond acceptors (Lipinski definition) is 3. The van der Waals surface area contributed by atoms with Gasteiger partial charge in [-0.3, -0.25) is 9.69 Å². The lowest BCUT2D eigenvalue weighted by atomic mass is 9.83. The maximum Gasteiger partial charge on any atom is 0.161 e. The molecule has 3 heteroatoms. The predicted octanol–water partition coefficient (Wildman–Crippen LogP) is 1.96. The second-order valence-corrected chi connectivity index (χ2v) is 6.29. The van der Waals surface area contributed by atoms with Crippen LogP contribution in [0.1, 0.15) is 37.3 Å². The maximum atomic E-state index is 11.5. The van der Waals surface area contributed by atoms with Gasteiger partial charge in [0.15, 0.2) is 5.78 Å². The predicted molar refractivity (Wildman–Crippen MR) is 78.7 cm³/mol. The Hall–Kier alpha value is -1.19. The van der Waals surface area contributed by atoms with E-state index in [0.717, 1.165) is 25.9 Å². The minimum absolute atomic E-state index is 0.0776. The SMILES string of the molecule is CC(=O)C1(O)CCN([C@H]2CCc3ccccc3C2)CC1. The number of carbonyl (C=O) groups excluding carboxylic acids is 1. The van der Waals surface area contributed by atoms with Crippen LogP contribution in [0.4, 0.5) is 0 Å². The van der Waals surface area contributed by atoms with Crippen molar-refractivity contribution in [3.63, 3.8) is 0 Å². The molecule has 3 rings (SSSR count). The Bertz CT molecular complexity index is 503. The molecule has 1 N–H and O–H groups in total. The number of aliphatic hydroxyl groups is 1. The molecule has 1 aliphatic heterocycles. The molecule has 0 bridgehead atoms. The van der Waals surface area contributed by atoms with Gasteiger partial charge in [-0.2, -0.15) is 0 Å². The molecule has 1 heterocycles. The zero-order chi connectivity index (χ0) is 14.2. The highest BCUT2D eigenvalue weighted by molar-refractivity contribution is 5.84. The van der Waals surface area contributed by atoms with E-state index in [1.807, 2.05) is 0 Å². The largest absolute Gasteiger partial charge is 0.382 e. The quantitative estimate of drug-likeness (QED) is 0.895. The molecule has 1 aliphatic carbocycles. The van der Waals surface area contributed by atoms with Crippen LogP contribution in [-0.2, 0) is 17.6 Å². The zero-order valence-corrected chi connectivity index (χ0v) is 12.1. The number of Topliss-reactive ketones (excluding diaryl/α,β-unsaturated/α-hetero) is 1. The van der Waals surface area contributed by atoms with Crippen LogP contribution < -0.4 is 0 Å². The second kappa shape index (κ2) is 5.30. The summed E-state index contributed by atoms with van der Waals surface area (Å²) in [7, 11) is 0. The Morgan fingerprint density at radius 3 is 2.55 bits per heavy atom. The van der Waals surface area contributed by atoms with Crippen LogP contribution in [0.5, 0.6) is 0 Å². The molecule has 0 saturated carbocycles. The first-order valence-corrected chi connectivity index (χ1v) is 7.63. The Labute approximate surface area is 120 Å². The minimum Gasteiger partial charge on any atom is -0.382 e. The topological polar surface area (TPSA) is 40.5 Å². The molecule has 20 heavy (non-hydrogen) atoms. The third-order valence-corrected chi connectivity index (χ3v) is 5.12. The van der Waals surface area contributed by atoms with E-state index in [2.05, 4.69) is 29.2 Å². The summed E-state index contributed by atoms with van der Waals surface area (Å²) >= 11 is 0. The molecular formula is C17H23NO2. The van der Waals surface area contributed by atoms with Crippen molar-refractivity contribution in [1.29, 1.82) is 0 Å². The zero-order valence-electron chi connectivity index (χ0n) is 12.1. The van der Waals surface area contributed by atoms with Gasteiger partial charge in [-0.25, -0.2) is 0 Å². The van der Waals surface area contributed by atoms with Crippen molar-refractivity contribution in [3.05, 3.63) is 35.4 Å². The molecule has 3 nitrogen and oxygen atoms in total. The van der Waals surface area contributed by atoms with Gasteiger partial charge in [-0.05, 0) is 50.2 Å². The number of hydrogen-bond donors (Lipinski definition) is 1. The molecule has 1 atom stereocenters. The average molecular weight is 273 g/mol. The lowest BCUT2D eigenvalue weighted by Crippen LogP contribution is -2.52. The van der Waals surface area contributed by atoms with E-state index in [9.17, 15) is 9.90 Å². The third-order valence-electron chi connectivity index (χ3n) is 5.12. The van der Waals surface area contributed by atoms with Crippen LogP contribution in [0.2, 0.25) is 0 Å². The maximum absolute atomic E-state index is 11.5. The van der Waals surface area contributed by atoms with Gasteiger partial charge in [0.05, 0.1) is 0 Å². The molecule has 0 spiro atoms. The Morgan fingerprint density at radius 2 is 1.90 bits per heavy atom. The van der Waals surface area contributed by atoms with Gasteiger partial charge in [0, 0.05) is 19.1 Å². The van der Waals surface area contributed by atoms with Crippen molar-refractivity contribution in [2.45, 2.75) is 50.7 Å². The fraction of sp³-hybridized carbons (Fsp3) is 0.588. The monoisotopic (exact) mass is 273 g/mol. The van der Waals surface area contributed by atoms with Crippen molar-refractivity contribution in [2.24, 2.45) is 0 Å². The molecule has 1 aromatic rings. The number of aryl methyl sites for hydroxylation is 1. The summed E-state index contributed by atoms with van der Waals surface area (Å²) in [6, 6.07) is 9.27. The van der Waals surface area contributed by atoms with Gasteiger partial charge in [-0.15, -0.1) is 0 Å². The van der Waals surface area contributed by atoms with Gasteiger partial charge in [-0.1, -0.05) is 24.3 Å². The first-order chi connectivity index (χ1) is 9.58. The standard InChI is InChI=1S/C17H23NO2/c1-13(19)17(20)8-10-18(11-9-17)16-7-6-14-4-2-3-5-15(14)12-16/h2-5,16,20H,6-12H2,1H3/t16-/m0/s1. The van der Waals surface area contributed by atoms with Crippen LogP contribution in [0.3, 0.4) is 0 Å². The lowest BCUT2D eigenvalue weighted by molar-refractivity contribution is -0.140. The van der Waals surface area contributed by atoms with Crippen LogP contribution >= 0.6 is 0 Å². The lowest BCUT2D eigenvalue weighted by Gasteiger charge is -2.42. The fourth-order valence-corrected chi connectivity index (χ4v) is 3.60. The summed E-state index contributed by atoms with van der Waals surface area (Å²) in [5.74, 6) is -0.0776. The molecule has 2 aliphatic rings. The molecule has 1 aromatic carbocycles. The number of piperidine rings is 1. The summed E-state index contributed by atoms with van der Waals surface area (Å²) in [6.07, 6.45) is 4.61. The highest BCUT2D eigenvalue weighted by atomic mass is 16.3. The highest BCUT2D eigenvalue weighted by Gasteiger charge is 2.38. The van der Waals surface area contributed by atoms with E-state index in [4.69, 9.17) is 0 Å². The van der Waals surface area contributed by atoms with Crippen molar-refractivity contribution >= 4 is 5.78 Å². The van der Waals surface area contributed by atoms with Crippen molar-refractivity contribution in [3.8, 4) is 0 Å². The first kappa shape index (κ1) is 13.8. The Kier molecular flexibility index (Phi) is 3.65. The minimum atomic E-state index is -1.07. The molecule has 1 fully saturated rings. The van der Waals surface area contributed by atoms with Crippen LogP contribution in [0.15, 0.2) is 24.3 Å². The molecular weight excluding hydrogens is 250 g/mol. The number of ketones is 1. The third kappa shape index (κ3) is 2.52. The average Bonchev–Trinajstić information content (AvgIpc) is 2.47. The van der Waals surface area contributed by atoms with Gasteiger partial charge in [0.1, 0.15) is 5.60 Å². The van der Waals surface area contributed by atoms with Gasteiger partial charge < -0.3 is 5.11 Å². The first-order valence-electron chi connectivity index (χ1n) is 7.63. The fourth-order valence-electron chi connectivity index (χ4n) is 3.60. The van der Waals surface area contributed by atoms with Crippen molar-refractivity contribution in [1.82, 2.24) is 4.90 Å². The van der Waals surface area contributed by atoms with Crippen LogP contribution in [-0.4, -0.2) is 40.5 Å². The van der Waals surface area contributed by atoms with Gasteiger partial charge in [0.25, 0.3) is 0 Å². The number of fused-ring (bicyclic) bond motifs is 1. The van der Waals surface area contributed by atoms with E-state index in [1.165, 1.54) is 24.5 Å². The summed E-state index contributed by atoms with van der Waals surface area (Å²) in [5.41, 5.74) is 1.89. The Balaban J connectivity index is 1.64. The van der Waals surface area contributed by atoms with Crippen molar-refractivity contribution in [2.75, 3.05) is 13.1 Å². The summed E-state index contributed by atoms with van der Waals surface area (Å²) < 4.78 is 0. The second-order valence-electron chi connectivity index (χ2n) is 6.29. The van der Waals surface area contributed by atoms with E-state index in [0.29, 0.717) is 18.9 Å². The number of likely N-dealkylation sites (tertiary alicyclic amines) is 1. The van der Waals surface area contributed by atoms with Gasteiger partial charge in [0.2, 0.25) is 0 Å². The van der Waals surface area contributed by atoms with Crippen LogP contribution in [0, 0.1) is 0 Å². The van der Waals surface area contributed by atoms with E-state index in [-0.39, 0.29) is 5.78 Å². The normalized spacial score (nSPS) is 26.0. The number of rotatable bonds is 2.